The summed E-state index contributed by atoms with van der Waals surface area (Å²) in [5.41, 5.74) is 4.21. The van der Waals surface area contributed by atoms with Crippen molar-refractivity contribution in [2.24, 2.45) is 5.92 Å². The first kappa shape index (κ1) is 17.7. The van der Waals surface area contributed by atoms with Crippen molar-refractivity contribution in [2.45, 2.75) is 46.1 Å². The first-order valence-electron chi connectivity index (χ1n) is 8.88. The average molecular weight is 309 g/mol. The van der Waals surface area contributed by atoms with E-state index in [1.807, 2.05) is 0 Å². The molecule has 0 radical (unpaired) electrons. The molecule has 0 bridgehead atoms. The van der Waals surface area contributed by atoms with Crippen molar-refractivity contribution >= 4 is 0 Å². The molecule has 0 aliphatic heterocycles. The highest BCUT2D eigenvalue weighted by Crippen LogP contribution is 2.24. The highest BCUT2D eigenvalue weighted by molar-refractivity contribution is 5.34. The van der Waals surface area contributed by atoms with E-state index in [1.54, 1.807) is 0 Å². The van der Waals surface area contributed by atoms with Crippen LogP contribution in [0.4, 0.5) is 0 Å². The van der Waals surface area contributed by atoms with Crippen LogP contribution in [-0.4, -0.2) is 18.5 Å². The van der Waals surface area contributed by atoms with Gasteiger partial charge in [0.2, 0.25) is 0 Å². The van der Waals surface area contributed by atoms with Crippen molar-refractivity contribution < 1.29 is 0 Å². The lowest BCUT2D eigenvalue weighted by atomic mass is 9.92. The molecular weight excluding hydrogens is 278 g/mol. The van der Waals surface area contributed by atoms with Gasteiger partial charge in [-0.05, 0) is 49.0 Å². The predicted molar refractivity (Wildman–Crippen MR) is 101 cm³/mol. The fraction of sp³-hybridized carbons (Fsp3) is 0.455. The van der Waals surface area contributed by atoms with E-state index in [-0.39, 0.29) is 0 Å². The molecule has 0 heterocycles. The van der Waals surface area contributed by atoms with E-state index in [4.69, 9.17) is 0 Å². The summed E-state index contributed by atoms with van der Waals surface area (Å²) in [6, 6.07) is 19.8. The van der Waals surface area contributed by atoms with Gasteiger partial charge in [0.15, 0.2) is 0 Å². The zero-order valence-electron chi connectivity index (χ0n) is 15.1. The summed E-state index contributed by atoms with van der Waals surface area (Å²) in [5.74, 6) is 1.25. The summed E-state index contributed by atoms with van der Waals surface area (Å²) < 4.78 is 0. The lowest BCUT2D eigenvalue weighted by molar-refractivity contribution is 0.310. The van der Waals surface area contributed by atoms with E-state index in [2.05, 4.69) is 87.3 Å². The molecule has 2 rings (SSSR count). The molecule has 0 saturated carbocycles. The van der Waals surface area contributed by atoms with Crippen LogP contribution in [-0.2, 0) is 6.54 Å². The van der Waals surface area contributed by atoms with Gasteiger partial charge in [-0.3, -0.25) is 0 Å². The Morgan fingerprint density at radius 1 is 0.870 bits per heavy atom. The molecule has 124 valence electrons. The third kappa shape index (κ3) is 5.84. The first-order chi connectivity index (χ1) is 11.1. The van der Waals surface area contributed by atoms with E-state index in [1.165, 1.54) is 36.1 Å². The molecule has 1 nitrogen and oxygen atoms in total. The van der Waals surface area contributed by atoms with Gasteiger partial charge in [0.25, 0.3) is 0 Å². The molecule has 0 aromatic heterocycles. The minimum absolute atomic E-state index is 0.447. The number of nitrogens with zero attached hydrogens (tertiary/aromatic N) is 1. The normalized spacial score (nSPS) is 12.8. The average Bonchev–Trinajstić information content (AvgIpc) is 2.55. The fourth-order valence-corrected chi connectivity index (χ4v) is 3.06. The Hall–Kier alpha value is -1.60. The van der Waals surface area contributed by atoms with Gasteiger partial charge in [-0.2, -0.15) is 0 Å². The highest BCUT2D eigenvalue weighted by atomic mass is 15.1. The zero-order chi connectivity index (χ0) is 16.7. The molecule has 0 amide bonds. The van der Waals surface area contributed by atoms with Gasteiger partial charge in [0, 0.05) is 12.5 Å². The Bertz CT molecular complexity index is 574. The standard InChI is InChI=1S/C22H31N/c1-18(2)10-9-15-23(4)17-20-11-8-14-22(16-20)19(3)21-12-6-5-7-13-21/h5-8,11-14,16,18-19H,9-10,15,17H2,1-4H3. The summed E-state index contributed by atoms with van der Waals surface area (Å²) in [7, 11) is 2.23. The smallest absolute Gasteiger partial charge is 0.0230 e. The second-order valence-electron chi connectivity index (χ2n) is 7.15. The summed E-state index contributed by atoms with van der Waals surface area (Å²) in [6.45, 7) is 9.10. The highest BCUT2D eigenvalue weighted by Gasteiger charge is 2.09. The largest absolute Gasteiger partial charge is 0.302 e. The van der Waals surface area contributed by atoms with Crippen molar-refractivity contribution in [1.82, 2.24) is 4.90 Å². The molecule has 1 heteroatoms. The Morgan fingerprint density at radius 3 is 2.26 bits per heavy atom. The maximum Gasteiger partial charge on any atom is 0.0230 e. The van der Waals surface area contributed by atoms with E-state index >= 15 is 0 Å². The molecule has 0 fully saturated rings. The van der Waals surface area contributed by atoms with Crippen LogP contribution in [0.3, 0.4) is 0 Å². The van der Waals surface area contributed by atoms with Crippen LogP contribution < -0.4 is 0 Å². The van der Waals surface area contributed by atoms with Crippen molar-refractivity contribution in [3.05, 3.63) is 71.3 Å². The van der Waals surface area contributed by atoms with Crippen LogP contribution in [0.15, 0.2) is 54.6 Å². The van der Waals surface area contributed by atoms with Gasteiger partial charge < -0.3 is 4.90 Å². The van der Waals surface area contributed by atoms with Gasteiger partial charge >= 0.3 is 0 Å². The second-order valence-corrected chi connectivity index (χ2v) is 7.15. The molecule has 23 heavy (non-hydrogen) atoms. The molecule has 0 N–H and O–H groups in total. The number of benzene rings is 2. The molecule has 1 atom stereocenters. The van der Waals surface area contributed by atoms with Crippen LogP contribution in [0.25, 0.3) is 0 Å². The van der Waals surface area contributed by atoms with Crippen LogP contribution in [0.1, 0.15) is 56.2 Å². The molecule has 0 aliphatic carbocycles. The number of hydrogen-bond donors (Lipinski definition) is 0. The fourth-order valence-electron chi connectivity index (χ4n) is 3.06. The molecule has 0 spiro atoms. The van der Waals surface area contributed by atoms with Crippen molar-refractivity contribution in [3.8, 4) is 0 Å². The van der Waals surface area contributed by atoms with Gasteiger partial charge in [-0.25, -0.2) is 0 Å². The van der Waals surface area contributed by atoms with Gasteiger partial charge in [-0.1, -0.05) is 75.4 Å². The zero-order valence-corrected chi connectivity index (χ0v) is 15.1. The minimum atomic E-state index is 0.447. The third-order valence-corrected chi connectivity index (χ3v) is 4.52. The Morgan fingerprint density at radius 2 is 1.57 bits per heavy atom. The van der Waals surface area contributed by atoms with Crippen molar-refractivity contribution in [3.63, 3.8) is 0 Å². The van der Waals surface area contributed by atoms with Gasteiger partial charge in [-0.15, -0.1) is 0 Å². The van der Waals surface area contributed by atoms with Gasteiger partial charge in [0.1, 0.15) is 0 Å². The van der Waals surface area contributed by atoms with Crippen LogP contribution in [0, 0.1) is 5.92 Å². The summed E-state index contributed by atoms with van der Waals surface area (Å²) >= 11 is 0. The van der Waals surface area contributed by atoms with E-state index in [0.717, 1.165) is 12.5 Å². The quantitative estimate of drug-likeness (QED) is 0.604. The lowest BCUT2D eigenvalue weighted by Crippen LogP contribution is -2.19. The number of hydrogen-bond acceptors (Lipinski definition) is 1. The molecule has 2 aromatic rings. The second kappa shape index (κ2) is 8.88. The maximum absolute atomic E-state index is 2.44. The van der Waals surface area contributed by atoms with E-state index in [0.29, 0.717) is 5.92 Å². The Balaban J connectivity index is 1.97. The Kier molecular flexibility index (Phi) is 6.85. The maximum atomic E-state index is 2.44. The molecular formula is C22H31N. The minimum Gasteiger partial charge on any atom is -0.302 e. The van der Waals surface area contributed by atoms with E-state index in [9.17, 15) is 0 Å². The van der Waals surface area contributed by atoms with Crippen LogP contribution in [0.2, 0.25) is 0 Å². The van der Waals surface area contributed by atoms with Gasteiger partial charge in [0.05, 0.1) is 0 Å². The molecule has 0 aliphatic rings. The summed E-state index contributed by atoms with van der Waals surface area (Å²) in [4.78, 5) is 2.44. The van der Waals surface area contributed by atoms with Crippen LogP contribution in [0.5, 0.6) is 0 Å². The molecule has 2 aromatic carbocycles. The van der Waals surface area contributed by atoms with Crippen LogP contribution >= 0.6 is 0 Å². The van der Waals surface area contributed by atoms with E-state index < -0.39 is 0 Å². The summed E-state index contributed by atoms with van der Waals surface area (Å²) in [6.07, 6.45) is 2.60. The monoisotopic (exact) mass is 309 g/mol. The molecule has 0 saturated heterocycles. The number of rotatable bonds is 8. The Labute approximate surface area is 142 Å². The van der Waals surface area contributed by atoms with Crippen molar-refractivity contribution in [1.29, 1.82) is 0 Å². The SMILES string of the molecule is CC(C)CCCN(C)Cc1cccc(C(C)c2ccccc2)c1. The third-order valence-electron chi connectivity index (χ3n) is 4.52. The first-order valence-corrected chi connectivity index (χ1v) is 8.88. The molecule has 1 unspecified atom stereocenters. The summed E-state index contributed by atoms with van der Waals surface area (Å²) in [5, 5.41) is 0. The topological polar surface area (TPSA) is 3.24 Å². The lowest BCUT2D eigenvalue weighted by Gasteiger charge is -2.19. The van der Waals surface area contributed by atoms with Crippen molar-refractivity contribution in [2.75, 3.05) is 13.6 Å². The predicted octanol–water partition coefficient (Wildman–Crippen LogP) is 5.71.